The van der Waals surface area contributed by atoms with E-state index in [2.05, 4.69) is 9.97 Å². The number of aliphatic hydroxyl groups excluding tert-OH is 1. The third kappa shape index (κ3) is 2.63. The van der Waals surface area contributed by atoms with Crippen molar-refractivity contribution in [2.24, 2.45) is 0 Å². The molecule has 9 heteroatoms. The van der Waals surface area contributed by atoms with Crippen LogP contribution in [0, 0.1) is 10.1 Å². The minimum atomic E-state index is -0.565. The molecule has 20 heavy (non-hydrogen) atoms. The summed E-state index contributed by atoms with van der Waals surface area (Å²) in [7, 11) is 1.32. The number of anilines is 1. The summed E-state index contributed by atoms with van der Waals surface area (Å²) < 4.78 is 10.3. The van der Waals surface area contributed by atoms with Crippen molar-refractivity contribution in [3.8, 4) is 5.88 Å². The molecule has 9 nitrogen and oxygen atoms in total. The number of aromatic nitrogens is 2. The van der Waals surface area contributed by atoms with Gasteiger partial charge in [0.25, 0.3) is 5.88 Å². The number of hydrogen-bond acceptors (Lipinski definition) is 8. The maximum Gasteiger partial charge on any atom is 0.372 e. The van der Waals surface area contributed by atoms with Crippen LogP contribution in [0.2, 0.25) is 0 Å². The fourth-order valence-electron chi connectivity index (χ4n) is 2.10. The van der Waals surface area contributed by atoms with E-state index in [9.17, 15) is 15.2 Å². The van der Waals surface area contributed by atoms with Gasteiger partial charge in [-0.15, -0.1) is 0 Å². The van der Waals surface area contributed by atoms with E-state index in [1.807, 2.05) is 6.92 Å². The van der Waals surface area contributed by atoms with Gasteiger partial charge in [0, 0.05) is 6.54 Å². The first-order chi connectivity index (χ1) is 9.58. The number of ether oxygens (including phenoxy) is 2. The summed E-state index contributed by atoms with van der Waals surface area (Å²) in [5, 5.41) is 20.4. The Bertz CT molecular complexity index is 498. The second-order valence-corrected chi connectivity index (χ2v) is 4.45. The molecular weight excluding hydrogens is 268 g/mol. The molecule has 1 aliphatic heterocycles. The molecule has 1 aromatic heterocycles. The molecule has 2 heterocycles. The first kappa shape index (κ1) is 14.4. The highest BCUT2D eigenvalue weighted by Crippen LogP contribution is 2.35. The maximum absolute atomic E-state index is 11.2. The fraction of sp³-hybridized carbons (Fsp3) is 0.636. The minimum Gasteiger partial charge on any atom is -0.476 e. The van der Waals surface area contributed by atoms with E-state index in [0.717, 1.165) is 0 Å². The smallest absolute Gasteiger partial charge is 0.372 e. The van der Waals surface area contributed by atoms with E-state index in [0.29, 0.717) is 13.2 Å². The summed E-state index contributed by atoms with van der Waals surface area (Å²) in [6, 6.07) is -0.101. The van der Waals surface area contributed by atoms with Crippen LogP contribution < -0.4 is 9.64 Å². The molecule has 1 aromatic rings. The van der Waals surface area contributed by atoms with Crippen LogP contribution in [0.15, 0.2) is 6.33 Å². The second kappa shape index (κ2) is 5.97. The molecule has 2 atom stereocenters. The molecule has 0 aromatic carbocycles. The summed E-state index contributed by atoms with van der Waals surface area (Å²) in [6.07, 6.45) is 0.823. The highest BCUT2D eigenvalue weighted by atomic mass is 16.6. The summed E-state index contributed by atoms with van der Waals surface area (Å²) in [6.45, 7) is 2.39. The van der Waals surface area contributed by atoms with Crippen molar-refractivity contribution in [1.82, 2.24) is 9.97 Å². The van der Waals surface area contributed by atoms with E-state index in [1.165, 1.54) is 13.4 Å². The molecule has 1 fully saturated rings. The van der Waals surface area contributed by atoms with Gasteiger partial charge < -0.3 is 19.5 Å². The Hall–Kier alpha value is -2.00. The predicted molar refractivity (Wildman–Crippen MR) is 68.9 cm³/mol. The van der Waals surface area contributed by atoms with Crippen molar-refractivity contribution in [2.45, 2.75) is 19.1 Å². The van der Waals surface area contributed by atoms with E-state index in [4.69, 9.17) is 9.47 Å². The van der Waals surface area contributed by atoms with Gasteiger partial charge >= 0.3 is 5.69 Å². The van der Waals surface area contributed by atoms with Crippen LogP contribution >= 0.6 is 0 Å². The molecule has 1 saturated heterocycles. The van der Waals surface area contributed by atoms with Crippen molar-refractivity contribution in [3.05, 3.63) is 16.4 Å². The zero-order valence-corrected chi connectivity index (χ0v) is 11.2. The van der Waals surface area contributed by atoms with Crippen LogP contribution in [0.1, 0.15) is 6.92 Å². The number of nitrogens with zero attached hydrogens (tertiary/aromatic N) is 4. The molecule has 1 aliphatic rings. The highest BCUT2D eigenvalue weighted by molar-refractivity contribution is 5.63. The van der Waals surface area contributed by atoms with Crippen molar-refractivity contribution in [3.63, 3.8) is 0 Å². The molecule has 0 amide bonds. The third-order valence-electron chi connectivity index (χ3n) is 3.13. The van der Waals surface area contributed by atoms with Gasteiger partial charge in [0.05, 0.1) is 37.4 Å². The van der Waals surface area contributed by atoms with Crippen LogP contribution in [0.5, 0.6) is 5.88 Å². The van der Waals surface area contributed by atoms with Crippen molar-refractivity contribution < 1.29 is 19.5 Å². The standard InChI is InChI=1S/C11H16N4O5/c1-7-5-20-8(4-16)3-14(7)10-9(15(17)18)11(19-2)13-6-12-10/h6-8,16H,3-5H2,1-2H3. The van der Waals surface area contributed by atoms with Crippen molar-refractivity contribution >= 4 is 11.5 Å². The van der Waals surface area contributed by atoms with Crippen LogP contribution in [-0.4, -0.2) is 59.0 Å². The maximum atomic E-state index is 11.2. The van der Waals surface area contributed by atoms with Gasteiger partial charge in [-0.25, -0.2) is 4.98 Å². The quantitative estimate of drug-likeness (QED) is 0.606. The molecular formula is C11H16N4O5. The Balaban J connectivity index is 2.42. The molecule has 2 rings (SSSR count). The second-order valence-electron chi connectivity index (χ2n) is 4.45. The van der Waals surface area contributed by atoms with Crippen LogP contribution in [0.4, 0.5) is 11.5 Å². The lowest BCUT2D eigenvalue weighted by atomic mass is 10.2. The SMILES string of the molecule is COc1ncnc(N2CC(CO)OCC2C)c1[N+](=O)[O-]. The summed E-state index contributed by atoms with van der Waals surface area (Å²) in [5.41, 5.74) is -0.277. The number of aliphatic hydroxyl groups is 1. The lowest BCUT2D eigenvalue weighted by Gasteiger charge is -2.37. The Morgan fingerprint density at radius 1 is 1.65 bits per heavy atom. The average molecular weight is 284 g/mol. The van der Waals surface area contributed by atoms with Gasteiger partial charge in [0.15, 0.2) is 0 Å². The molecule has 110 valence electrons. The van der Waals surface area contributed by atoms with Gasteiger partial charge in [0.2, 0.25) is 5.82 Å². The summed E-state index contributed by atoms with van der Waals surface area (Å²) in [5.74, 6) is 0.0929. The summed E-state index contributed by atoms with van der Waals surface area (Å²) in [4.78, 5) is 20.2. The van der Waals surface area contributed by atoms with Gasteiger partial charge in [-0.2, -0.15) is 4.98 Å². The average Bonchev–Trinajstić information content (AvgIpc) is 2.46. The number of methoxy groups -OCH3 is 1. The van der Waals surface area contributed by atoms with E-state index in [-0.39, 0.29) is 30.0 Å². The predicted octanol–water partition coefficient (Wildman–Crippen LogP) is -0.0206. The van der Waals surface area contributed by atoms with Crippen LogP contribution in [0.3, 0.4) is 0 Å². The minimum absolute atomic E-state index is 0.0840. The number of hydrogen-bond donors (Lipinski definition) is 1. The summed E-state index contributed by atoms with van der Waals surface area (Å²) >= 11 is 0. The number of nitro groups is 1. The van der Waals surface area contributed by atoms with Crippen molar-refractivity contribution in [2.75, 3.05) is 31.8 Å². The Kier molecular flexibility index (Phi) is 4.30. The largest absolute Gasteiger partial charge is 0.476 e. The monoisotopic (exact) mass is 284 g/mol. The topological polar surface area (TPSA) is 111 Å². The van der Waals surface area contributed by atoms with Crippen molar-refractivity contribution in [1.29, 1.82) is 0 Å². The molecule has 1 N–H and O–H groups in total. The lowest BCUT2D eigenvalue weighted by molar-refractivity contribution is -0.385. The van der Waals surface area contributed by atoms with Gasteiger partial charge in [-0.1, -0.05) is 0 Å². The fourth-order valence-corrected chi connectivity index (χ4v) is 2.10. The van der Waals surface area contributed by atoms with Gasteiger partial charge in [-0.3, -0.25) is 10.1 Å². The van der Waals surface area contributed by atoms with E-state index < -0.39 is 11.0 Å². The first-order valence-corrected chi connectivity index (χ1v) is 6.11. The number of morpholine rings is 1. The Labute approximate surface area is 115 Å². The Morgan fingerprint density at radius 3 is 3.00 bits per heavy atom. The van der Waals surface area contributed by atoms with E-state index in [1.54, 1.807) is 4.90 Å². The normalized spacial score (nSPS) is 22.6. The van der Waals surface area contributed by atoms with Gasteiger partial charge in [-0.05, 0) is 6.92 Å². The van der Waals surface area contributed by atoms with Crippen LogP contribution in [0.25, 0.3) is 0 Å². The first-order valence-electron chi connectivity index (χ1n) is 6.11. The zero-order valence-electron chi connectivity index (χ0n) is 11.2. The van der Waals surface area contributed by atoms with Gasteiger partial charge in [0.1, 0.15) is 6.33 Å². The van der Waals surface area contributed by atoms with E-state index >= 15 is 0 Å². The molecule has 2 unspecified atom stereocenters. The zero-order chi connectivity index (χ0) is 14.7. The highest BCUT2D eigenvalue weighted by Gasteiger charge is 2.34. The molecule has 0 bridgehead atoms. The molecule has 0 saturated carbocycles. The Morgan fingerprint density at radius 2 is 2.40 bits per heavy atom. The lowest BCUT2D eigenvalue weighted by Crippen LogP contribution is -2.50. The molecule has 0 spiro atoms. The molecule has 0 radical (unpaired) electrons. The third-order valence-corrected chi connectivity index (χ3v) is 3.13. The van der Waals surface area contributed by atoms with Crippen LogP contribution in [-0.2, 0) is 4.74 Å². The molecule has 0 aliphatic carbocycles. The number of rotatable bonds is 4.